The first-order chi connectivity index (χ1) is 5.11. The molecule has 0 spiro atoms. The van der Waals surface area contributed by atoms with Crippen LogP contribution < -0.4 is 0 Å². The first-order valence-corrected chi connectivity index (χ1v) is 3.34. The first kappa shape index (κ1) is 11.2. The van der Waals surface area contributed by atoms with Gasteiger partial charge in [0, 0.05) is 11.9 Å². The van der Waals surface area contributed by atoms with E-state index < -0.39 is 5.97 Å². The highest BCUT2D eigenvalue weighted by molar-refractivity contribution is 6.33. The molecule has 0 saturated carbocycles. The smallest absolute Gasteiger partial charge is 0.338 e. The number of carbonyl (C=O) groups is 1. The van der Waals surface area contributed by atoms with Gasteiger partial charge in [-0.1, -0.05) is 11.6 Å². The van der Waals surface area contributed by atoms with E-state index in [1.807, 2.05) is 0 Å². The Balaban J connectivity index is 0.00000121. The summed E-state index contributed by atoms with van der Waals surface area (Å²) in [5.41, 5.74) is 0.747. The normalized spacial score (nSPS) is 8.83. The van der Waals surface area contributed by atoms with Crippen molar-refractivity contribution in [2.24, 2.45) is 0 Å². The van der Waals surface area contributed by atoms with Crippen molar-refractivity contribution < 1.29 is 9.90 Å². The van der Waals surface area contributed by atoms with Gasteiger partial charge < -0.3 is 5.11 Å². The second kappa shape index (κ2) is 4.28. The SMILES string of the molecule is Cc1cc(Cl)c(C(=O)O)cn1.Cl. The number of carboxylic acid groups (broad SMARTS) is 1. The minimum atomic E-state index is -1.05. The van der Waals surface area contributed by atoms with E-state index in [0.717, 1.165) is 0 Å². The molecule has 0 aliphatic carbocycles. The van der Waals surface area contributed by atoms with E-state index in [1.54, 1.807) is 6.92 Å². The number of aromatic carboxylic acids is 1. The molecule has 3 nitrogen and oxygen atoms in total. The number of hydrogen-bond donors (Lipinski definition) is 1. The molecular weight excluding hydrogens is 201 g/mol. The third kappa shape index (κ3) is 2.36. The minimum Gasteiger partial charge on any atom is -0.478 e. The molecule has 0 aromatic carbocycles. The lowest BCUT2D eigenvalue weighted by atomic mass is 10.2. The molecule has 0 unspecified atom stereocenters. The van der Waals surface area contributed by atoms with Gasteiger partial charge in [0.25, 0.3) is 0 Å². The minimum absolute atomic E-state index is 0. The van der Waals surface area contributed by atoms with Crippen LogP contribution >= 0.6 is 24.0 Å². The predicted octanol–water partition coefficient (Wildman–Crippen LogP) is 2.16. The third-order valence-electron chi connectivity index (χ3n) is 1.22. The van der Waals surface area contributed by atoms with E-state index in [0.29, 0.717) is 5.69 Å². The molecule has 12 heavy (non-hydrogen) atoms. The third-order valence-corrected chi connectivity index (χ3v) is 1.53. The van der Waals surface area contributed by atoms with E-state index in [1.165, 1.54) is 12.3 Å². The summed E-state index contributed by atoms with van der Waals surface area (Å²) in [4.78, 5) is 14.2. The van der Waals surface area contributed by atoms with Gasteiger partial charge in [0.2, 0.25) is 0 Å². The van der Waals surface area contributed by atoms with Gasteiger partial charge in [-0.05, 0) is 13.0 Å². The number of halogens is 2. The average Bonchev–Trinajstić information content (AvgIpc) is 1.85. The van der Waals surface area contributed by atoms with Crippen molar-refractivity contribution in [2.45, 2.75) is 6.92 Å². The summed E-state index contributed by atoms with van der Waals surface area (Å²) in [5, 5.41) is 8.76. The molecule has 0 fully saturated rings. The van der Waals surface area contributed by atoms with Crippen LogP contribution in [0.2, 0.25) is 5.02 Å². The van der Waals surface area contributed by atoms with Gasteiger partial charge in [0.1, 0.15) is 0 Å². The first-order valence-electron chi connectivity index (χ1n) is 2.96. The molecule has 0 amide bonds. The summed E-state index contributed by atoms with van der Waals surface area (Å²) >= 11 is 5.60. The summed E-state index contributed by atoms with van der Waals surface area (Å²) in [6.45, 7) is 1.75. The number of nitrogens with zero attached hydrogens (tertiary/aromatic N) is 1. The van der Waals surface area contributed by atoms with Crippen LogP contribution in [0.5, 0.6) is 0 Å². The van der Waals surface area contributed by atoms with Crippen LogP contribution in [-0.4, -0.2) is 16.1 Å². The van der Waals surface area contributed by atoms with Gasteiger partial charge in [0.05, 0.1) is 10.6 Å². The van der Waals surface area contributed by atoms with Gasteiger partial charge in [-0.25, -0.2) is 4.79 Å². The maximum absolute atomic E-state index is 10.4. The Morgan fingerprint density at radius 3 is 2.67 bits per heavy atom. The predicted molar refractivity (Wildman–Crippen MR) is 48.2 cm³/mol. The van der Waals surface area contributed by atoms with Crippen LogP contribution in [0, 0.1) is 6.92 Å². The van der Waals surface area contributed by atoms with E-state index in [2.05, 4.69) is 4.98 Å². The maximum Gasteiger partial charge on any atom is 0.338 e. The number of aromatic nitrogens is 1. The fourth-order valence-corrected chi connectivity index (χ4v) is 0.971. The lowest BCUT2D eigenvalue weighted by Gasteiger charge is -1.97. The molecule has 0 atom stereocenters. The lowest BCUT2D eigenvalue weighted by Crippen LogP contribution is -1.98. The highest BCUT2D eigenvalue weighted by Crippen LogP contribution is 2.14. The van der Waals surface area contributed by atoms with Gasteiger partial charge in [-0.3, -0.25) is 4.98 Å². The zero-order valence-electron chi connectivity index (χ0n) is 6.24. The number of pyridine rings is 1. The summed E-state index contributed by atoms with van der Waals surface area (Å²) in [5.74, 6) is -1.05. The molecule has 0 radical (unpaired) electrons. The number of carboxylic acids is 1. The van der Waals surface area contributed by atoms with Gasteiger partial charge >= 0.3 is 5.97 Å². The molecule has 0 aliphatic heterocycles. The second-order valence-electron chi connectivity index (χ2n) is 2.11. The van der Waals surface area contributed by atoms with Crippen LogP contribution in [-0.2, 0) is 0 Å². The number of aryl methyl sites for hydroxylation is 1. The van der Waals surface area contributed by atoms with Gasteiger partial charge in [0.15, 0.2) is 0 Å². The second-order valence-corrected chi connectivity index (χ2v) is 2.52. The fourth-order valence-electron chi connectivity index (χ4n) is 0.684. The van der Waals surface area contributed by atoms with E-state index in [9.17, 15) is 4.79 Å². The lowest BCUT2D eigenvalue weighted by molar-refractivity contribution is 0.0696. The molecule has 1 aromatic heterocycles. The topological polar surface area (TPSA) is 50.2 Å². The highest BCUT2D eigenvalue weighted by Gasteiger charge is 2.07. The van der Waals surface area contributed by atoms with Crippen LogP contribution in [0.15, 0.2) is 12.3 Å². The largest absolute Gasteiger partial charge is 0.478 e. The van der Waals surface area contributed by atoms with Crippen molar-refractivity contribution in [3.8, 4) is 0 Å². The quantitative estimate of drug-likeness (QED) is 0.769. The average molecular weight is 208 g/mol. The molecule has 5 heteroatoms. The standard InChI is InChI=1S/C7H6ClNO2.ClH/c1-4-2-6(8)5(3-9-4)7(10)11;/h2-3H,1H3,(H,10,11);1H. The molecule has 1 N–H and O–H groups in total. The zero-order chi connectivity index (χ0) is 8.43. The Kier molecular flexibility index (Phi) is 4.00. The van der Waals surface area contributed by atoms with E-state index in [-0.39, 0.29) is 23.0 Å². The Bertz CT molecular complexity index is 301. The van der Waals surface area contributed by atoms with Gasteiger partial charge in [-0.15, -0.1) is 12.4 Å². The molecule has 1 rings (SSSR count). The van der Waals surface area contributed by atoms with Crippen LogP contribution in [0.4, 0.5) is 0 Å². The molecule has 0 aliphatic rings. The molecule has 1 heterocycles. The van der Waals surface area contributed by atoms with Crippen LogP contribution in [0.25, 0.3) is 0 Å². The highest BCUT2D eigenvalue weighted by atomic mass is 35.5. The van der Waals surface area contributed by atoms with Crippen LogP contribution in [0.1, 0.15) is 16.1 Å². The summed E-state index contributed by atoms with van der Waals surface area (Å²) < 4.78 is 0. The summed E-state index contributed by atoms with van der Waals surface area (Å²) in [6, 6.07) is 1.52. The molecule has 0 saturated heterocycles. The van der Waals surface area contributed by atoms with Crippen molar-refractivity contribution in [1.82, 2.24) is 4.98 Å². The molecule has 66 valence electrons. The summed E-state index contributed by atoms with van der Waals surface area (Å²) in [7, 11) is 0. The van der Waals surface area contributed by atoms with Crippen molar-refractivity contribution in [2.75, 3.05) is 0 Å². The number of hydrogen-bond acceptors (Lipinski definition) is 2. The Labute approximate surface area is 80.8 Å². The number of rotatable bonds is 1. The maximum atomic E-state index is 10.4. The Hall–Kier alpha value is -0.800. The Morgan fingerprint density at radius 1 is 1.67 bits per heavy atom. The summed E-state index contributed by atoms with van der Waals surface area (Å²) in [6.07, 6.45) is 1.25. The fraction of sp³-hybridized carbons (Fsp3) is 0.143. The Morgan fingerprint density at radius 2 is 2.25 bits per heavy atom. The zero-order valence-corrected chi connectivity index (χ0v) is 7.82. The monoisotopic (exact) mass is 207 g/mol. The van der Waals surface area contributed by atoms with E-state index >= 15 is 0 Å². The van der Waals surface area contributed by atoms with E-state index in [4.69, 9.17) is 16.7 Å². The molecular formula is C7H7Cl2NO2. The molecule has 1 aromatic rings. The van der Waals surface area contributed by atoms with Crippen molar-refractivity contribution in [3.63, 3.8) is 0 Å². The van der Waals surface area contributed by atoms with Gasteiger partial charge in [-0.2, -0.15) is 0 Å². The van der Waals surface area contributed by atoms with Crippen molar-refractivity contribution in [3.05, 3.63) is 28.5 Å². The van der Waals surface area contributed by atoms with Crippen molar-refractivity contribution in [1.29, 1.82) is 0 Å². The van der Waals surface area contributed by atoms with Crippen LogP contribution in [0.3, 0.4) is 0 Å². The molecule has 0 bridgehead atoms. The van der Waals surface area contributed by atoms with Crippen molar-refractivity contribution >= 4 is 30.0 Å².